The van der Waals surface area contributed by atoms with Crippen LogP contribution in [-0.4, -0.2) is 30.2 Å². The number of nitrogens with one attached hydrogen (secondary N) is 1. The van der Waals surface area contributed by atoms with Crippen molar-refractivity contribution in [3.05, 3.63) is 53.0 Å². The van der Waals surface area contributed by atoms with Crippen molar-refractivity contribution in [1.82, 2.24) is 15.3 Å². The summed E-state index contributed by atoms with van der Waals surface area (Å²) >= 11 is 0. The first-order chi connectivity index (χ1) is 11.0. The van der Waals surface area contributed by atoms with E-state index in [-0.39, 0.29) is 11.4 Å². The molecule has 0 atom stereocenters. The monoisotopic (exact) mass is 321 g/mol. The van der Waals surface area contributed by atoms with Gasteiger partial charge in [0, 0.05) is 24.1 Å². The number of alkyl halides is 2. The Kier molecular flexibility index (Phi) is 5.60. The highest BCUT2D eigenvalue weighted by Crippen LogP contribution is 2.35. The van der Waals surface area contributed by atoms with Gasteiger partial charge in [0.25, 0.3) is 0 Å². The summed E-state index contributed by atoms with van der Waals surface area (Å²) in [7, 11) is 1.42. The predicted molar refractivity (Wildman–Crippen MR) is 85.0 cm³/mol. The van der Waals surface area contributed by atoms with Gasteiger partial charge in [-0.1, -0.05) is 37.3 Å². The van der Waals surface area contributed by atoms with Crippen molar-refractivity contribution in [2.75, 3.05) is 20.2 Å². The smallest absolute Gasteiger partial charge is 0.331 e. The van der Waals surface area contributed by atoms with E-state index in [1.54, 1.807) is 25.1 Å². The molecule has 0 saturated carbocycles. The van der Waals surface area contributed by atoms with Crippen LogP contribution in [0.1, 0.15) is 29.6 Å². The van der Waals surface area contributed by atoms with Crippen LogP contribution in [0.3, 0.4) is 0 Å². The lowest BCUT2D eigenvalue weighted by Gasteiger charge is -2.18. The Morgan fingerprint density at radius 1 is 1.17 bits per heavy atom. The second-order valence-electron chi connectivity index (χ2n) is 5.17. The molecule has 1 aromatic heterocycles. The van der Waals surface area contributed by atoms with Crippen molar-refractivity contribution in [2.24, 2.45) is 0 Å². The summed E-state index contributed by atoms with van der Waals surface area (Å²) in [6.07, 6.45) is 0.538. The lowest BCUT2D eigenvalue weighted by molar-refractivity contribution is 0.0318. The summed E-state index contributed by atoms with van der Waals surface area (Å²) in [5.74, 6) is -3.61. The number of ether oxygens (including phenoxy) is 1. The zero-order valence-electron chi connectivity index (χ0n) is 13.6. The number of benzene rings is 1. The molecule has 1 N–H and O–H groups in total. The number of halogens is 2. The maximum Gasteiger partial charge on any atom is 0.331 e. The minimum atomic E-state index is -3.27. The van der Waals surface area contributed by atoms with E-state index in [2.05, 4.69) is 15.3 Å². The third kappa shape index (κ3) is 3.82. The minimum absolute atomic E-state index is 0.136. The first-order valence-corrected chi connectivity index (χ1v) is 7.56. The van der Waals surface area contributed by atoms with Crippen LogP contribution >= 0.6 is 0 Å². The second-order valence-corrected chi connectivity index (χ2v) is 5.17. The topological polar surface area (TPSA) is 47.0 Å². The van der Waals surface area contributed by atoms with Gasteiger partial charge in [0.05, 0.1) is 12.8 Å². The summed E-state index contributed by atoms with van der Waals surface area (Å²) in [6, 6.07) is 7.57. The molecule has 124 valence electrons. The molecule has 0 unspecified atom stereocenters. The van der Waals surface area contributed by atoms with E-state index in [4.69, 9.17) is 4.74 Å². The molecule has 0 bridgehead atoms. The van der Waals surface area contributed by atoms with Gasteiger partial charge in [0.1, 0.15) is 0 Å². The number of nitrogens with zero attached hydrogens (tertiary/aromatic N) is 2. The van der Waals surface area contributed by atoms with E-state index in [0.717, 1.165) is 6.54 Å². The van der Waals surface area contributed by atoms with Crippen LogP contribution in [0.25, 0.3) is 0 Å². The molecule has 0 aliphatic carbocycles. The molecule has 0 amide bonds. The van der Waals surface area contributed by atoms with Crippen LogP contribution in [0.4, 0.5) is 8.78 Å². The molecular formula is C17H21F2N3O. The molecule has 0 aliphatic rings. The average Bonchev–Trinajstić information content (AvgIpc) is 2.57. The highest BCUT2D eigenvalue weighted by atomic mass is 19.3. The molecule has 0 aliphatic heterocycles. The fraction of sp³-hybridized carbons (Fsp3) is 0.412. The summed E-state index contributed by atoms with van der Waals surface area (Å²) < 4.78 is 34.6. The first kappa shape index (κ1) is 17.3. The number of likely N-dealkylation sites (N-methyl/N-ethyl adjacent to an activating group) is 1. The summed E-state index contributed by atoms with van der Waals surface area (Å²) in [4.78, 5) is 8.04. The first-order valence-electron chi connectivity index (χ1n) is 7.56. The number of methoxy groups -OCH3 is 1. The van der Waals surface area contributed by atoms with Crippen LogP contribution in [-0.2, 0) is 12.3 Å². The van der Waals surface area contributed by atoms with Gasteiger partial charge in [-0.25, -0.2) is 4.98 Å². The van der Waals surface area contributed by atoms with Gasteiger partial charge in [-0.05, 0) is 13.5 Å². The zero-order valence-corrected chi connectivity index (χ0v) is 13.6. The standard InChI is InChI=1S/C17H21F2N3O/c1-4-20-11-10-14-12(2)15(23-3)22-16(21-14)17(18,19)13-8-6-5-7-9-13/h5-9,20H,4,10-11H2,1-3H3. The largest absolute Gasteiger partial charge is 0.481 e. The molecule has 4 nitrogen and oxygen atoms in total. The van der Waals surface area contributed by atoms with Gasteiger partial charge in [-0.3, -0.25) is 0 Å². The lowest BCUT2D eigenvalue weighted by atomic mass is 10.1. The second kappa shape index (κ2) is 7.46. The molecule has 0 spiro atoms. The molecular weight excluding hydrogens is 300 g/mol. The molecule has 23 heavy (non-hydrogen) atoms. The van der Waals surface area contributed by atoms with Crippen LogP contribution in [0.5, 0.6) is 5.88 Å². The van der Waals surface area contributed by atoms with Gasteiger partial charge in [-0.15, -0.1) is 0 Å². The Bertz CT molecular complexity index is 648. The van der Waals surface area contributed by atoms with Crippen molar-refractivity contribution in [1.29, 1.82) is 0 Å². The molecule has 2 rings (SSSR count). The minimum Gasteiger partial charge on any atom is -0.481 e. The average molecular weight is 321 g/mol. The van der Waals surface area contributed by atoms with Crippen molar-refractivity contribution in [3.8, 4) is 5.88 Å². The van der Waals surface area contributed by atoms with Crippen molar-refractivity contribution >= 4 is 0 Å². The fourth-order valence-electron chi connectivity index (χ4n) is 2.28. The van der Waals surface area contributed by atoms with E-state index in [1.807, 2.05) is 6.92 Å². The van der Waals surface area contributed by atoms with Crippen molar-refractivity contribution < 1.29 is 13.5 Å². The molecule has 0 radical (unpaired) electrons. The molecule has 1 heterocycles. The Morgan fingerprint density at radius 2 is 1.87 bits per heavy atom. The molecule has 0 fully saturated rings. The highest BCUT2D eigenvalue weighted by molar-refractivity contribution is 5.34. The summed E-state index contributed by atoms with van der Waals surface area (Å²) in [5, 5.41) is 3.16. The van der Waals surface area contributed by atoms with Crippen LogP contribution in [0.2, 0.25) is 0 Å². The van der Waals surface area contributed by atoms with E-state index in [9.17, 15) is 8.78 Å². The van der Waals surface area contributed by atoms with Crippen molar-refractivity contribution in [2.45, 2.75) is 26.2 Å². The molecule has 1 aromatic carbocycles. The normalized spacial score (nSPS) is 11.5. The Morgan fingerprint density at radius 3 is 2.48 bits per heavy atom. The number of hydrogen-bond acceptors (Lipinski definition) is 4. The van der Waals surface area contributed by atoms with E-state index in [0.29, 0.717) is 24.2 Å². The Balaban J connectivity index is 2.43. The molecule has 6 heteroatoms. The van der Waals surface area contributed by atoms with Crippen LogP contribution < -0.4 is 10.1 Å². The van der Waals surface area contributed by atoms with Gasteiger partial charge in [0.15, 0.2) is 0 Å². The lowest BCUT2D eigenvalue weighted by Crippen LogP contribution is -2.23. The number of hydrogen-bond donors (Lipinski definition) is 1. The van der Waals surface area contributed by atoms with Crippen LogP contribution in [0.15, 0.2) is 30.3 Å². The number of aromatic nitrogens is 2. The van der Waals surface area contributed by atoms with E-state index < -0.39 is 11.7 Å². The maximum atomic E-state index is 14.7. The molecule has 2 aromatic rings. The highest BCUT2D eigenvalue weighted by Gasteiger charge is 2.38. The predicted octanol–water partition coefficient (Wildman–Crippen LogP) is 3.09. The Labute approximate surface area is 134 Å². The summed E-state index contributed by atoms with van der Waals surface area (Å²) in [6.45, 7) is 5.25. The van der Waals surface area contributed by atoms with Gasteiger partial charge < -0.3 is 10.1 Å². The molecule has 0 saturated heterocycles. The van der Waals surface area contributed by atoms with Gasteiger partial charge >= 0.3 is 5.92 Å². The van der Waals surface area contributed by atoms with Gasteiger partial charge in [-0.2, -0.15) is 13.8 Å². The fourth-order valence-corrected chi connectivity index (χ4v) is 2.28. The van der Waals surface area contributed by atoms with E-state index >= 15 is 0 Å². The summed E-state index contributed by atoms with van der Waals surface area (Å²) in [5.41, 5.74) is 1.13. The van der Waals surface area contributed by atoms with E-state index in [1.165, 1.54) is 19.2 Å². The quantitative estimate of drug-likeness (QED) is 0.796. The number of rotatable bonds is 7. The van der Waals surface area contributed by atoms with Gasteiger partial charge in [0.2, 0.25) is 11.7 Å². The van der Waals surface area contributed by atoms with Crippen LogP contribution in [0, 0.1) is 6.92 Å². The Hall–Kier alpha value is -2.08. The zero-order chi connectivity index (χ0) is 16.9. The maximum absolute atomic E-state index is 14.7. The van der Waals surface area contributed by atoms with Crippen molar-refractivity contribution in [3.63, 3.8) is 0 Å². The third-order valence-electron chi connectivity index (χ3n) is 3.60. The SMILES string of the molecule is CCNCCc1nc(C(F)(F)c2ccccc2)nc(OC)c1C. The third-order valence-corrected chi connectivity index (χ3v) is 3.60.